The number of rotatable bonds is 4. The van der Waals surface area contributed by atoms with Crippen LogP contribution >= 0.6 is 38.6 Å². The zero-order valence-electron chi connectivity index (χ0n) is 10.1. The van der Waals surface area contributed by atoms with Crippen LogP contribution in [-0.2, 0) is 6.42 Å². The maximum Gasteiger partial charge on any atom is 0.0900 e. The van der Waals surface area contributed by atoms with E-state index in [2.05, 4.69) is 51.5 Å². The van der Waals surface area contributed by atoms with Gasteiger partial charge in [0.2, 0.25) is 0 Å². The molecule has 0 radical (unpaired) electrons. The van der Waals surface area contributed by atoms with Gasteiger partial charge >= 0.3 is 0 Å². The molecule has 92 valence electrons. The zero-order valence-corrected chi connectivity index (χ0v) is 13.3. The van der Waals surface area contributed by atoms with Crippen molar-refractivity contribution in [1.82, 2.24) is 10.3 Å². The minimum atomic E-state index is 0.367. The molecule has 2 heterocycles. The second-order valence-corrected chi connectivity index (χ2v) is 7.11. The second kappa shape index (κ2) is 5.61. The number of hydrogen-bond acceptors (Lipinski definition) is 4. The highest BCUT2D eigenvalue weighted by molar-refractivity contribution is 9.10. The van der Waals surface area contributed by atoms with E-state index in [1.807, 2.05) is 7.05 Å². The number of hydrogen-bond donors (Lipinski definition) is 1. The standard InChI is InChI=1S/C12H15BrN2S2/c1-7-12(17-8(2)15-7)11(14-3)5-10-4-9(13)6-16-10/h4,6,11,14H,5H2,1-3H3. The van der Waals surface area contributed by atoms with Crippen molar-refractivity contribution in [3.05, 3.63) is 36.4 Å². The summed E-state index contributed by atoms with van der Waals surface area (Å²) in [5, 5.41) is 6.67. The molecule has 0 fully saturated rings. The van der Waals surface area contributed by atoms with Gasteiger partial charge in [0.25, 0.3) is 0 Å². The third-order valence-electron chi connectivity index (χ3n) is 2.63. The Morgan fingerprint density at radius 2 is 2.24 bits per heavy atom. The van der Waals surface area contributed by atoms with Gasteiger partial charge in [0.05, 0.1) is 10.7 Å². The number of thiophene rings is 1. The average molecular weight is 331 g/mol. The zero-order chi connectivity index (χ0) is 12.4. The van der Waals surface area contributed by atoms with Crippen LogP contribution in [0.2, 0.25) is 0 Å². The fourth-order valence-corrected chi connectivity index (χ4v) is 4.39. The van der Waals surface area contributed by atoms with Crippen LogP contribution in [-0.4, -0.2) is 12.0 Å². The average Bonchev–Trinajstić information content (AvgIpc) is 2.82. The van der Waals surface area contributed by atoms with Crippen molar-refractivity contribution in [3.8, 4) is 0 Å². The highest BCUT2D eigenvalue weighted by Gasteiger charge is 2.17. The van der Waals surface area contributed by atoms with Gasteiger partial charge < -0.3 is 5.32 Å². The molecule has 5 heteroatoms. The fraction of sp³-hybridized carbons (Fsp3) is 0.417. The van der Waals surface area contributed by atoms with E-state index in [0.717, 1.165) is 17.1 Å². The van der Waals surface area contributed by atoms with Crippen LogP contribution in [0.4, 0.5) is 0 Å². The molecular formula is C12H15BrN2S2. The van der Waals surface area contributed by atoms with Gasteiger partial charge in [-0.2, -0.15) is 0 Å². The number of thiazole rings is 1. The normalized spacial score (nSPS) is 12.9. The van der Waals surface area contributed by atoms with E-state index in [-0.39, 0.29) is 0 Å². The molecular weight excluding hydrogens is 316 g/mol. The van der Waals surface area contributed by atoms with Gasteiger partial charge in [-0.1, -0.05) is 0 Å². The van der Waals surface area contributed by atoms with Crippen LogP contribution in [0.1, 0.15) is 26.5 Å². The van der Waals surface area contributed by atoms with Crippen LogP contribution in [0.5, 0.6) is 0 Å². The van der Waals surface area contributed by atoms with E-state index in [9.17, 15) is 0 Å². The Morgan fingerprint density at radius 1 is 1.47 bits per heavy atom. The molecule has 0 aliphatic rings. The monoisotopic (exact) mass is 330 g/mol. The van der Waals surface area contributed by atoms with Crippen molar-refractivity contribution in [2.45, 2.75) is 26.3 Å². The summed E-state index contributed by atoms with van der Waals surface area (Å²) in [6.45, 7) is 4.16. The van der Waals surface area contributed by atoms with Crippen LogP contribution in [0.25, 0.3) is 0 Å². The van der Waals surface area contributed by atoms with Gasteiger partial charge in [0.1, 0.15) is 0 Å². The fourth-order valence-electron chi connectivity index (χ4n) is 1.86. The number of aryl methyl sites for hydroxylation is 2. The summed E-state index contributed by atoms with van der Waals surface area (Å²) in [5.41, 5.74) is 1.16. The molecule has 0 bridgehead atoms. The van der Waals surface area contributed by atoms with Gasteiger partial charge in [-0.3, -0.25) is 0 Å². The molecule has 2 aromatic rings. The first-order valence-corrected chi connectivity index (χ1v) is 7.93. The van der Waals surface area contributed by atoms with Gasteiger partial charge in [-0.25, -0.2) is 4.98 Å². The quantitative estimate of drug-likeness (QED) is 0.913. The molecule has 2 aromatic heterocycles. The van der Waals surface area contributed by atoms with E-state index in [1.165, 1.54) is 14.2 Å². The Bertz CT molecular complexity index is 504. The lowest BCUT2D eigenvalue weighted by Crippen LogP contribution is -2.18. The number of aromatic nitrogens is 1. The van der Waals surface area contributed by atoms with Gasteiger partial charge in [0.15, 0.2) is 0 Å². The van der Waals surface area contributed by atoms with Crippen molar-refractivity contribution in [2.75, 3.05) is 7.05 Å². The molecule has 1 atom stereocenters. The van der Waals surface area contributed by atoms with Crippen molar-refractivity contribution >= 4 is 38.6 Å². The van der Waals surface area contributed by atoms with E-state index in [0.29, 0.717) is 6.04 Å². The molecule has 0 aliphatic heterocycles. The molecule has 1 unspecified atom stereocenters. The molecule has 2 rings (SSSR count). The van der Waals surface area contributed by atoms with Crippen molar-refractivity contribution < 1.29 is 0 Å². The predicted octanol–water partition coefficient (Wildman–Crippen LogP) is 4.09. The smallest absolute Gasteiger partial charge is 0.0900 e. The lowest BCUT2D eigenvalue weighted by Gasteiger charge is -2.13. The third-order valence-corrected chi connectivity index (χ3v) is 5.54. The molecule has 2 nitrogen and oxygen atoms in total. The second-order valence-electron chi connectivity index (χ2n) is 3.96. The summed E-state index contributed by atoms with van der Waals surface area (Å²) in [7, 11) is 2.02. The number of likely N-dealkylation sites (N-methyl/N-ethyl adjacent to an activating group) is 1. The molecule has 0 spiro atoms. The summed E-state index contributed by atoms with van der Waals surface area (Å²) in [5.74, 6) is 0. The Balaban J connectivity index is 2.19. The van der Waals surface area contributed by atoms with E-state index in [4.69, 9.17) is 0 Å². The molecule has 0 aliphatic carbocycles. The van der Waals surface area contributed by atoms with E-state index in [1.54, 1.807) is 22.7 Å². The largest absolute Gasteiger partial charge is 0.312 e. The van der Waals surface area contributed by atoms with E-state index < -0.39 is 0 Å². The predicted molar refractivity (Wildman–Crippen MR) is 79.1 cm³/mol. The first kappa shape index (κ1) is 13.2. The van der Waals surface area contributed by atoms with Gasteiger partial charge in [-0.05, 0) is 42.9 Å². The first-order chi connectivity index (χ1) is 8.10. The highest BCUT2D eigenvalue weighted by atomic mass is 79.9. The van der Waals surface area contributed by atoms with Crippen LogP contribution in [0.3, 0.4) is 0 Å². The van der Waals surface area contributed by atoms with Gasteiger partial charge in [0, 0.05) is 32.1 Å². The number of nitrogens with one attached hydrogen (secondary N) is 1. The first-order valence-electron chi connectivity index (χ1n) is 5.44. The number of nitrogens with zero attached hydrogens (tertiary/aromatic N) is 1. The summed E-state index contributed by atoms with van der Waals surface area (Å²) in [4.78, 5) is 7.25. The Morgan fingerprint density at radius 3 is 2.71 bits per heavy atom. The van der Waals surface area contributed by atoms with Crippen molar-refractivity contribution in [1.29, 1.82) is 0 Å². The molecule has 0 amide bonds. The molecule has 0 saturated carbocycles. The number of halogens is 1. The third kappa shape index (κ3) is 3.16. The van der Waals surface area contributed by atoms with Crippen molar-refractivity contribution in [2.24, 2.45) is 0 Å². The summed E-state index contributed by atoms with van der Waals surface area (Å²) >= 11 is 7.09. The highest BCUT2D eigenvalue weighted by Crippen LogP contribution is 2.30. The van der Waals surface area contributed by atoms with Crippen molar-refractivity contribution in [3.63, 3.8) is 0 Å². The Hall–Kier alpha value is -0.230. The Labute approximate surface area is 118 Å². The summed E-state index contributed by atoms with van der Waals surface area (Å²) in [6.07, 6.45) is 1.02. The Kier molecular flexibility index (Phi) is 4.36. The molecule has 1 N–H and O–H groups in total. The summed E-state index contributed by atoms with van der Waals surface area (Å²) in [6, 6.07) is 2.56. The lowest BCUT2D eigenvalue weighted by atomic mass is 10.1. The van der Waals surface area contributed by atoms with Gasteiger partial charge in [-0.15, -0.1) is 22.7 Å². The SMILES string of the molecule is CNC(Cc1cc(Br)cs1)c1sc(C)nc1C. The molecule has 17 heavy (non-hydrogen) atoms. The van der Waals surface area contributed by atoms with Crippen LogP contribution in [0.15, 0.2) is 15.9 Å². The minimum absolute atomic E-state index is 0.367. The lowest BCUT2D eigenvalue weighted by molar-refractivity contribution is 0.602. The maximum absolute atomic E-state index is 4.50. The topological polar surface area (TPSA) is 24.9 Å². The van der Waals surface area contributed by atoms with Crippen LogP contribution in [0, 0.1) is 13.8 Å². The minimum Gasteiger partial charge on any atom is -0.312 e. The molecule has 0 saturated heterocycles. The van der Waals surface area contributed by atoms with Crippen LogP contribution < -0.4 is 5.32 Å². The van der Waals surface area contributed by atoms with E-state index >= 15 is 0 Å². The summed E-state index contributed by atoms with van der Waals surface area (Å²) < 4.78 is 1.17. The molecule has 0 aromatic carbocycles. The maximum atomic E-state index is 4.50.